The topological polar surface area (TPSA) is 69.1 Å². The summed E-state index contributed by atoms with van der Waals surface area (Å²) in [6.07, 6.45) is -2.43. The first-order valence-electron chi connectivity index (χ1n) is 10.4. The first-order valence-corrected chi connectivity index (χ1v) is 10.4. The fourth-order valence-corrected chi connectivity index (χ4v) is 3.56. The van der Waals surface area contributed by atoms with E-state index in [-0.39, 0.29) is 30.5 Å². The van der Waals surface area contributed by atoms with E-state index in [1.54, 1.807) is 13.2 Å². The summed E-state index contributed by atoms with van der Waals surface area (Å²) in [6, 6.07) is 7.25. The summed E-state index contributed by atoms with van der Waals surface area (Å²) in [6.45, 7) is 3.72. The van der Waals surface area contributed by atoms with E-state index >= 15 is 0 Å². The molecule has 0 saturated carbocycles. The van der Waals surface area contributed by atoms with Crippen molar-refractivity contribution in [2.45, 2.75) is 38.5 Å². The summed E-state index contributed by atoms with van der Waals surface area (Å²) in [7, 11) is 1.58. The third-order valence-corrected chi connectivity index (χ3v) is 5.20. The zero-order chi connectivity index (χ0) is 22.0. The van der Waals surface area contributed by atoms with E-state index in [0.717, 1.165) is 24.8 Å². The molecule has 1 aromatic carbocycles. The molecular formula is C21H34F3IN4O2. The molecule has 2 rings (SSSR count). The van der Waals surface area contributed by atoms with Crippen LogP contribution in [0.25, 0.3) is 0 Å². The van der Waals surface area contributed by atoms with Crippen LogP contribution in [0.15, 0.2) is 29.3 Å². The van der Waals surface area contributed by atoms with Gasteiger partial charge in [0.15, 0.2) is 5.96 Å². The number of rotatable bonds is 9. The monoisotopic (exact) mass is 558 g/mol. The average molecular weight is 558 g/mol. The molecule has 6 nitrogen and oxygen atoms in total. The summed E-state index contributed by atoms with van der Waals surface area (Å²) in [4.78, 5) is 5.93. The Morgan fingerprint density at radius 2 is 2.00 bits per heavy atom. The zero-order valence-electron chi connectivity index (χ0n) is 18.1. The minimum atomic E-state index is -4.12. The van der Waals surface area contributed by atoms with Crippen LogP contribution in [0.2, 0.25) is 0 Å². The highest BCUT2D eigenvalue weighted by Gasteiger charge is 2.32. The minimum Gasteiger partial charge on any atom is -0.497 e. The van der Waals surface area contributed by atoms with E-state index in [1.807, 2.05) is 25.1 Å². The van der Waals surface area contributed by atoms with Gasteiger partial charge in [-0.15, -0.1) is 24.0 Å². The van der Waals surface area contributed by atoms with Crippen LogP contribution >= 0.6 is 24.0 Å². The van der Waals surface area contributed by atoms with Crippen LogP contribution in [0.1, 0.15) is 37.9 Å². The second-order valence-electron chi connectivity index (χ2n) is 7.56. The molecule has 1 aromatic rings. The third-order valence-electron chi connectivity index (χ3n) is 5.20. The lowest BCUT2D eigenvalue weighted by Crippen LogP contribution is -2.41. The van der Waals surface area contributed by atoms with Crippen molar-refractivity contribution in [3.63, 3.8) is 0 Å². The van der Waals surface area contributed by atoms with Crippen LogP contribution in [0.3, 0.4) is 0 Å². The number of ether oxygens (including phenoxy) is 1. The average Bonchev–Trinajstić information content (AvgIpc) is 2.72. The highest BCUT2D eigenvalue weighted by atomic mass is 127. The van der Waals surface area contributed by atoms with Gasteiger partial charge in [0.2, 0.25) is 0 Å². The molecule has 1 fully saturated rings. The molecule has 178 valence electrons. The van der Waals surface area contributed by atoms with Gasteiger partial charge in [0, 0.05) is 13.1 Å². The molecule has 1 aliphatic rings. The first kappa shape index (κ1) is 27.8. The fraction of sp³-hybridized carbons (Fsp3) is 0.667. The fourth-order valence-electron chi connectivity index (χ4n) is 3.56. The summed E-state index contributed by atoms with van der Waals surface area (Å²) >= 11 is 0. The van der Waals surface area contributed by atoms with Gasteiger partial charge in [-0.3, -0.25) is 9.89 Å². The molecule has 0 amide bonds. The molecule has 0 aromatic heterocycles. The van der Waals surface area contributed by atoms with Crippen molar-refractivity contribution in [3.8, 4) is 5.75 Å². The molecule has 1 unspecified atom stereocenters. The maximum absolute atomic E-state index is 12.5. The summed E-state index contributed by atoms with van der Waals surface area (Å²) in [5.41, 5.74) is 0.736. The highest BCUT2D eigenvalue weighted by molar-refractivity contribution is 14.0. The standard InChI is InChI=1S/C21H33F3N4O2.HI/c1-3-25-20(27-14-19(29)17-5-4-6-18(13-17)30-2)26-10-7-16-8-11-28(12-9-16)15-21(22,23)24;/h4-6,13,16,19,29H,3,7-12,14-15H2,1-2H3,(H2,25,26,27);1H. The largest absolute Gasteiger partial charge is 0.497 e. The number of hydrogen-bond donors (Lipinski definition) is 3. The van der Waals surface area contributed by atoms with Gasteiger partial charge in [-0.25, -0.2) is 0 Å². The van der Waals surface area contributed by atoms with Crippen molar-refractivity contribution < 1.29 is 23.0 Å². The lowest BCUT2D eigenvalue weighted by molar-refractivity contribution is -0.148. The number of aliphatic imine (C=N–C) groups is 1. The molecular weight excluding hydrogens is 524 g/mol. The maximum Gasteiger partial charge on any atom is 0.401 e. The Balaban J connectivity index is 0.00000480. The second-order valence-corrected chi connectivity index (χ2v) is 7.56. The molecule has 3 N–H and O–H groups in total. The second kappa shape index (κ2) is 14.0. The van der Waals surface area contributed by atoms with Crippen LogP contribution in [0.5, 0.6) is 5.75 Å². The Morgan fingerprint density at radius 3 is 2.61 bits per heavy atom. The highest BCUT2D eigenvalue weighted by Crippen LogP contribution is 2.24. The molecule has 10 heteroatoms. The molecule has 31 heavy (non-hydrogen) atoms. The number of methoxy groups -OCH3 is 1. The molecule has 1 aliphatic heterocycles. The molecule has 1 heterocycles. The zero-order valence-corrected chi connectivity index (χ0v) is 20.5. The van der Waals surface area contributed by atoms with Gasteiger partial charge in [-0.2, -0.15) is 13.2 Å². The van der Waals surface area contributed by atoms with Gasteiger partial charge in [-0.1, -0.05) is 12.1 Å². The molecule has 0 radical (unpaired) electrons. The van der Waals surface area contributed by atoms with Gasteiger partial charge < -0.3 is 20.5 Å². The Hall–Kier alpha value is -1.27. The number of alkyl halides is 3. The number of aliphatic hydroxyl groups excluding tert-OH is 1. The van der Waals surface area contributed by atoms with Crippen molar-refractivity contribution in [1.82, 2.24) is 15.5 Å². The first-order chi connectivity index (χ1) is 14.3. The van der Waals surface area contributed by atoms with Crippen molar-refractivity contribution in [2.24, 2.45) is 10.9 Å². The van der Waals surface area contributed by atoms with Crippen molar-refractivity contribution in [1.29, 1.82) is 0 Å². The van der Waals surface area contributed by atoms with Gasteiger partial charge in [0.05, 0.1) is 26.3 Å². The van der Waals surface area contributed by atoms with Crippen LogP contribution in [0.4, 0.5) is 13.2 Å². The number of aliphatic hydroxyl groups is 1. The molecule has 0 spiro atoms. The third kappa shape index (κ3) is 10.7. The van der Waals surface area contributed by atoms with Crippen LogP contribution in [-0.2, 0) is 0 Å². The molecule has 0 aliphatic carbocycles. The van der Waals surface area contributed by atoms with E-state index < -0.39 is 18.8 Å². The predicted octanol–water partition coefficient (Wildman–Crippen LogP) is 3.57. The van der Waals surface area contributed by atoms with Gasteiger partial charge >= 0.3 is 6.18 Å². The number of nitrogens with one attached hydrogen (secondary N) is 2. The molecule has 1 saturated heterocycles. The summed E-state index contributed by atoms with van der Waals surface area (Å²) in [5.74, 6) is 1.71. The van der Waals surface area contributed by atoms with E-state index in [9.17, 15) is 18.3 Å². The number of hydrogen-bond acceptors (Lipinski definition) is 4. The van der Waals surface area contributed by atoms with E-state index in [2.05, 4.69) is 15.6 Å². The van der Waals surface area contributed by atoms with E-state index in [4.69, 9.17) is 4.74 Å². The van der Waals surface area contributed by atoms with Gasteiger partial charge in [0.25, 0.3) is 0 Å². The molecule has 1 atom stereocenters. The Bertz CT molecular complexity index is 668. The van der Waals surface area contributed by atoms with Crippen LogP contribution < -0.4 is 15.4 Å². The summed E-state index contributed by atoms with van der Waals surface area (Å²) in [5, 5.41) is 16.8. The number of guanidine groups is 1. The number of nitrogens with zero attached hydrogens (tertiary/aromatic N) is 2. The summed E-state index contributed by atoms with van der Waals surface area (Å²) < 4.78 is 42.6. The van der Waals surface area contributed by atoms with Crippen LogP contribution in [0, 0.1) is 5.92 Å². The lowest BCUT2D eigenvalue weighted by Gasteiger charge is -2.32. The van der Waals surface area contributed by atoms with E-state index in [1.165, 1.54) is 4.90 Å². The Kier molecular flexibility index (Phi) is 12.5. The van der Waals surface area contributed by atoms with Crippen LogP contribution in [-0.4, -0.2) is 68.5 Å². The van der Waals surface area contributed by atoms with Gasteiger partial charge in [0.1, 0.15) is 5.75 Å². The Labute approximate surface area is 199 Å². The predicted molar refractivity (Wildman–Crippen MR) is 127 cm³/mol. The normalized spacial score (nSPS) is 17.0. The van der Waals surface area contributed by atoms with E-state index in [0.29, 0.717) is 43.8 Å². The number of likely N-dealkylation sites (tertiary alicyclic amines) is 1. The maximum atomic E-state index is 12.5. The number of halogens is 4. The number of piperidine rings is 1. The van der Waals surface area contributed by atoms with Crippen molar-refractivity contribution in [3.05, 3.63) is 29.8 Å². The number of benzene rings is 1. The molecule has 0 bridgehead atoms. The smallest absolute Gasteiger partial charge is 0.401 e. The van der Waals surface area contributed by atoms with Gasteiger partial charge in [-0.05, 0) is 62.9 Å². The SMILES string of the molecule is CCNC(=NCC(O)c1cccc(OC)c1)NCCC1CCN(CC(F)(F)F)CC1.I. The lowest BCUT2D eigenvalue weighted by atomic mass is 9.93. The minimum absolute atomic E-state index is 0. The van der Waals surface area contributed by atoms with Crippen molar-refractivity contribution >= 4 is 29.9 Å². The quantitative estimate of drug-likeness (QED) is 0.246. The Morgan fingerprint density at radius 1 is 1.29 bits per heavy atom. The van der Waals surface area contributed by atoms with Crippen molar-refractivity contribution in [2.75, 3.05) is 46.4 Å².